The molecule has 2 amide bonds. The molecule has 4 aromatic rings. The second kappa shape index (κ2) is 13.5. The molecule has 12 heteroatoms. The molecule has 0 spiro atoms. The summed E-state index contributed by atoms with van der Waals surface area (Å²) in [6, 6.07) is 14.2. The molecule has 1 aliphatic carbocycles. The van der Waals surface area contributed by atoms with E-state index in [0.29, 0.717) is 34.8 Å². The SMILES string of the molecule is COc1cc2c(Oc3ccc(N(C(=O)C4(C(N)=O)CC4C)c4ccc(F)cc4)cc3F)ccnc2cc1OCCCN1CCOCC1. The summed E-state index contributed by atoms with van der Waals surface area (Å²) in [6.07, 6.45) is 2.65. The van der Waals surface area contributed by atoms with Crippen LogP contribution in [0.15, 0.2) is 66.9 Å². The van der Waals surface area contributed by atoms with Gasteiger partial charge in [-0.3, -0.25) is 24.4 Å². The summed E-state index contributed by atoms with van der Waals surface area (Å²) < 4.78 is 52.5. The zero-order valence-corrected chi connectivity index (χ0v) is 26.2. The molecule has 1 saturated carbocycles. The van der Waals surface area contributed by atoms with E-state index in [9.17, 15) is 14.0 Å². The fourth-order valence-corrected chi connectivity index (χ4v) is 5.96. The number of amides is 2. The van der Waals surface area contributed by atoms with Gasteiger partial charge in [-0.15, -0.1) is 0 Å². The standard InChI is InChI=1S/C35H36F2N4O6/c1-22-21-35(22,33(38)42)34(43)41(24-6-4-23(36)5-7-24)25-8-9-30(27(37)18-25)47-29-10-11-39-28-20-32(31(44-2)19-26(28)29)46-15-3-12-40-13-16-45-17-14-40/h4-11,18-20,22H,3,12-17,21H2,1-2H3,(H2,38,42). The van der Waals surface area contributed by atoms with E-state index in [0.717, 1.165) is 45.3 Å². The van der Waals surface area contributed by atoms with Gasteiger partial charge < -0.3 is 24.7 Å². The molecule has 10 nitrogen and oxygen atoms in total. The van der Waals surface area contributed by atoms with E-state index < -0.39 is 28.9 Å². The van der Waals surface area contributed by atoms with Crippen molar-refractivity contribution in [2.45, 2.75) is 19.8 Å². The number of carbonyl (C=O) groups is 2. The summed E-state index contributed by atoms with van der Waals surface area (Å²) in [4.78, 5) is 34.1. The van der Waals surface area contributed by atoms with Gasteiger partial charge in [-0.25, -0.2) is 8.78 Å². The van der Waals surface area contributed by atoms with Crippen molar-refractivity contribution in [1.29, 1.82) is 0 Å². The highest BCUT2D eigenvalue weighted by molar-refractivity contribution is 6.17. The first-order valence-corrected chi connectivity index (χ1v) is 15.5. The van der Waals surface area contributed by atoms with Gasteiger partial charge in [0.15, 0.2) is 23.1 Å². The zero-order chi connectivity index (χ0) is 33.1. The largest absolute Gasteiger partial charge is 0.493 e. The summed E-state index contributed by atoms with van der Waals surface area (Å²) >= 11 is 0. The highest BCUT2D eigenvalue weighted by atomic mass is 19.1. The maximum atomic E-state index is 15.7. The molecular weight excluding hydrogens is 610 g/mol. The zero-order valence-electron chi connectivity index (χ0n) is 26.2. The molecule has 2 N–H and O–H groups in total. The summed E-state index contributed by atoms with van der Waals surface area (Å²) in [6.45, 7) is 6.46. The summed E-state index contributed by atoms with van der Waals surface area (Å²) in [5.41, 5.74) is 5.17. The molecule has 0 radical (unpaired) electrons. The van der Waals surface area contributed by atoms with Crippen molar-refractivity contribution < 1.29 is 37.3 Å². The number of ether oxygens (including phenoxy) is 4. The van der Waals surface area contributed by atoms with E-state index in [2.05, 4.69) is 9.88 Å². The smallest absolute Gasteiger partial charge is 0.247 e. The Morgan fingerprint density at radius 1 is 1.00 bits per heavy atom. The van der Waals surface area contributed by atoms with Crippen LogP contribution in [0.25, 0.3) is 10.9 Å². The second-order valence-electron chi connectivity index (χ2n) is 11.8. The lowest BCUT2D eigenvalue weighted by atomic mass is 10.00. The average Bonchev–Trinajstić information content (AvgIpc) is 3.77. The monoisotopic (exact) mass is 646 g/mol. The lowest BCUT2D eigenvalue weighted by Crippen LogP contribution is -2.42. The molecule has 2 heterocycles. The quantitative estimate of drug-likeness (QED) is 0.156. The Kier molecular flexibility index (Phi) is 9.24. The molecule has 2 unspecified atom stereocenters. The third kappa shape index (κ3) is 6.56. The van der Waals surface area contributed by atoms with E-state index in [4.69, 9.17) is 24.7 Å². The van der Waals surface area contributed by atoms with Gasteiger partial charge in [0, 0.05) is 49.0 Å². The van der Waals surface area contributed by atoms with Crippen LogP contribution in [0.2, 0.25) is 0 Å². The van der Waals surface area contributed by atoms with Crippen LogP contribution in [-0.2, 0) is 14.3 Å². The maximum absolute atomic E-state index is 15.7. The lowest BCUT2D eigenvalue weighted by molar-refractivity contribution is -0.134. The van der Waals surface area contributed by atoms with Gasteiger partial charge in [-0.1, -0.05) is 6.92 Å². The molecule has 2 fully saturated rings. The van der Waals surface area contributed by atoms with Crippen LogP contribution in [0.1, 0.15) is 19.8 Å². The minimum absolute atomic E-state index is 0.112. The Labute approximate surface area is 271 Å². The Morgan fingerprint density at radius 2 is 1.72 bits per heavy atom. The summed E-state index contributed by atoms with van der Waals surface area (Å²) in [5.74, 6) is -1.71. The van der Waals surface area contributed by atoms with Gasteiger partial charge in [-0.05, 0) is 67.3 Å². The van der Waals surface area contributed by atoms with Gasteiger partial charge in [-0.2, -0.15) is 0 Å². The number of rotatable bonds is 12. The third-order valence-corrected chi connectivity index (χ3v) is 8.78. The number of fused-ring (bicyclic) bond motifs is 1. The fraction of sp³-hybridized carbons (Fsp3) is 0.343. The topological polar surface area (TPSA) is 116 Å². The third-order valence-electron chi connectivity index (χ3n) is 8.78. The number of benzene rings is 3. The second-order valence-corrected chi connectivity index (χ2v) is 11.8. The highest BCUT2D eigenvalue weighted by Gasteiger charge is 2.64. The maximum Gasteiger partial charge on any atom is 0.247 e. The van der Waals surface area contributed by atoms with Gasteiger partial charge in [0.05, 0.1) is 38.1 Å². The molecule has 6 rings (SSSR count). The van der Waals surface area contributed by atoms with Gasteiger partial charge >= 0.3 is 0 Å². The number of aromatic nitrogens is 1. The Hall–Kier alpha value is -4.81. The number of nitrogens with zero attached hydrogens (tertiary/aromatic N) is 3. The molecule has 47 heavy (non-hydrogen) atoms. The van der Waals surface area contributed by atoms with Crippen LogP contribution in [0.3, 0.4) is 0 Å². The van der Waals surface area contributed by atoms with Crippen LogP contribution in [0, 0.1) is 23.0 Å². The minimum Gasteiger partial charge on any atom is -0.493 e. The number of nitrogens with two attached hydrogens (primary N) is 1. The van der Waals surface area contributed by atoms with E-state index >= 15 is 4.39 Å². The highest BCUT2D eigenvalue weighted by Crippen LogP contribution is 2.54. The number of hydrogen-bond donors (Lipinski definition) is 1. The minimum atomic E-state index is -1.43. The number of methoxy groups -OCH3 is 1. The summed E-state index contributed by atoms with van der Waals surface area (Å²) in [7, 11) is 1.54. The first-order valence-electron chi connectivity index (χ1n) is 15.5. The predicted molar refractivity (Wildman–Crippen MR) is 171 cm³/mol. The Morgan fingerprint density at radius 3 is 2.38 bits per heavy atom. The van der Waals surface area contributed by atoms with Crippen molar-refractivity contribution in [3.63, 3.8) is 0 Å². The average molecular weight is 647 g/mol. The van der Waals surface area contributed by atoms with Gasteiger partial charge in [0.2, 0.25) is 11.8 Å². The number of morpholine rings is 1. The van der Waals surface area contributed by atoms with Crippen LogP contribution in [0.4, 0.5) is 20.2 Å². The van der Waals surface area contributed by atoms with Crippen LogP contribution in [0.5, 0.6) is 23.0 Å². The number of primary amides is 1. The van der Waals surface area contributed by atoms with Crippen molar-refractivity contribution in [3.05, 3.63) is 78.5 Å². The molecule has 2 aliphatic rings. The molecule has 246 valence electrons. The predicted octanol–water partition coefficient (Wildman–Crippen LogP) is 5.59. The van der Waals surface area contributed by atoms with Crippen molar-refractivity contribution in [2.24, 2.45) is 17.1 Å². The van der Waals surface area contributed by atoms with E-state index in [1.54, 1.807) is 31.3 Å². The van der Waals surface area contributed by atoms with E-state index in [1.165, 1.54) is 48.4 Å². The van der Waals surface area contributed by atoms with Gasteiger partial charge in [0.25, 0.3) is 0 Å². The Bertz CT molecular complexity index is 1780. The number of anilines is 2. The number of carbonyl (C=O) groups excluding carboxylic acids is 2. The first kappa shape index (κ1) is 32.1. The fourth-order valence-electron chi connectivity index (χ4n) is 5.96. The molecule has 1 aliphatic heterocycles. The molecule has 1 saturated heterocycles. The lowest BCUT2D eigenvalue weighted by Gasteiger charge is -2.27. The van der Waals surface area contributed by atoms with Crippen molar-refractivity contribution in [1.82, 2.24) is 9.88 Å². The molecule has 3 aromatic carbocycles. The van der Waals surface area contributed by atoms with Crippen LogP contribution >= 0.6 is 0 Å². The number of hydrogen-bond acceptors (Lipinski definition) is 8. The van der Waals surface area contributed by atoms with Crippen molar-refractivity contribution in [3.8, 4) is 23.0 Å². The number of pyridine rings is 1. The summed E-state index contributed by atoms with van der Waals surface area (Å²) in [5, 5.41) is 0.572. The van der Waals surface area contributed by atoms with Crippen LogP contribution in [-0.4, -0.2) is 68.3 Å². The van der Waals surface area contributed by atoms with Crippen molar-refractivity contribution >= 4 is 34.1 Å². The molecule has 1 aromatic heterocycles. The molecule has 2 atom stereocenters. The van der Waals surface area contributed by atoms with Crippen LogP contribution < -0.4 is 24.8 Å². The molecule has 0 bridgehead atoms. The van der Waals surface area contributed by atoms with Crippen molar-refractivity contribution in [2.75, 3.05) is 51.5 Å². The van der Waals surface area contributed by atoms with E-state index in [1.807, 2.05) is 0 Å². The normalized spacial score (nSPS) is 19.3. The van der Waals surface area contributed by atoms with Gasteiger partial charge in [0.1, 0.15) is 17.0 Å². The number of halogens is 2. The van der Waals surface area contributed by atoms with E-state index in [-0.39, 0.29) is 29.5 Å². The first-order chi connectivity index (χ1) is 22.7. The Balaban J connectivity index is 1.24. The molecular formula is C35H36F2N4O6.